The first-order chi connectivity index (χ1) is 7.69. The Kier molecular flexibility index (Phi) is 3.94. The van der Waals surface area contributed by atoms with Gasteiger partial charge in [0, 0.05) is 5.56 Å². The summed E-state index contributed by atoms with van der Waals surface area (Å²) in [7, 11) is 1.40. The highest BCUT2D eigenvalue weighted by Crippen LogP contribution is 2.19. The minimum atomic E-state index is -1.05. The quantitative estimate of drug-likeness (QED) is 0.761. The van der Waals surface area contributed by atoms with Crippen molar-refractivity contribution in [3.63, 3.8) is 0 Å². The second-order valence-corrected chi connectivity index (χ2v) is 2.86. The number of nitriles is 1. The number of hydrogen-bond donors (Lipinski definition) is 1. The number of carbonyl (C=O) groups is 1. The number of ether oxygens (including phenoxy) is 1. The van der Waals surface area contributed by atoms with Gasteiger partial charge in [-0.05, 0) is 18.2 Å². The molecule has 0 bridgehead atoms. The van der Waals surface area contributed by atoms with Crippen LogP contribution >= 0.6 is 0 Å². The third-order valence-corrected chi connectivity index (χ3v) is 1.83. The molecule has 1 rings (SSSR count). The zero-order valence-corrected chi connectivity index (χ0v) is 8.65. The zero-order valence-electron chi connectivity index (χ0n) is 8.65. The maximum absolute atomic E-state index is 10.8. The number of benzene rings is 1. The van der Waals surface area contributed by atoms with Crippen molar-refractivity contribution < 1.29 is 14.6 Å². The van der Waals surface area contributed by atoms with Gasteiger partial charge in [0.2, 0.25) is 0 Å². The number of hydrogen-bond acceptors (Lipinski definition) is 3. The van der Waals surface area contributed by atoms with E-state index in [0.717, 1.165) is 0 Å². The number of rotatable bonds is 2. The van der Waals surface area contributed by atoms with Gasteiger partial charge in [-0.2, -0.15) is 5.26 Å². The average Bonchev–Trinajstić information content (AvgIpc) is 2.29. The number of aromatic carboxylic acids is 1. The lowest BCUT2D eigenvalue weighted by molar-refractivity contribution is 0.0693. The van der Waals surface area contributed by atoms with Gasteiger partial charge in [0.15, 0.2) is 0 Å². The van der Waals surface area contributed by atoms with E-state index in [4.69, 9.17) is 15.1 Å². The van der Waals surface area contributed by atoms with Gasteiger partial charge in [0.1, 0.15) is 11.3 Å². The van der Waals surface area contributed by atoms with Crippen LogP contribution in [-0.2, 0) is 0 Å². The lowest BCUT2D eigenvalue weighted by atomic mass is 10.1. The maximum atomic E-state index is 10.8. The summed E-state index contributed by atoms with van der Waals surface area (Å²) in [5.41, 5.74) is 0.713. The summed E-state index contributed by atoms with van der Waals surface area (Å²) < 4.78 is 4.94. The van der Waals surface area contributed by atoms with Gasteiger partial charge in [0.25, 0.3) is 0 Å². The Morgan fingerprint density at radius 3 is 2.88 bits per heavy atom. The SMILES string of the molecule is COc1cc(C#CCC#N)ccc1C(=O)O. The van der Waals surface area contributed by atoms with E-state index in [1.807, 2.05) is 6.07 Å². The van der Waals surface area contributed by atoms with E-state index < -0.39 is 5.97 Å². The molecule has 0 saturated carbocycles. The van der Waals surface area contributed by atoms with Gasteiger partial charge in [0.05, 0.1) is 19.6 Å². The first kappa shape index (κ1) is 11.6. The Bertz CT molecular complexity index is 503. The predicted octanol–water partition coefficient (Wildman–Crippen LogP) is 1.66. The highest BCUT2D eigenvalue weighted by molar-refractivity contribution is 5.91. The van der Waals surface area contributed by atoms with Crippen LogP contribution in [0.4, 0.5) is 0 Å². The van der Waals surface area contributed by atoms with E-state index >= 15 is 0 Å². The maximum Gasteiger partial charge on any atom is 0.339 e. The highest BCUT2D eigenvalue weighted by atomic mass is 16.5. The molecule has 0 saturated heterocycles. The molecule has 4 nitrogen and oxygen atoms in total. The smallest absolute Gasteiger partial charge is 0.339 e. The fourth-order valence-corrected chi connectivity index (χ4v) is 1.13. The molecule has 1 N–H and O–H groups in total. The third kappa shape index (κ3) is 2.76. The number of nitrogens with zero attached hydrogens (tertiary/aromatic N) is 1. The van der Waals surface area contributed by atoms with Crippen LogP contribution in [0.5, 0.6) is 5.75 Å². The number of carboxylic acid groups (broad SMARTS) is 1. The topological polar surface area (TPSA) is 70.3 Å². The van der Waals surface area contributed by atoms with Crippen LogP contribution in [0, 0.1) is 23.2 Å². The summed E-state index contributed by atoms with van der Waals surface area (Å²) >= 11 is 0. The zero-order chi connectivity index (χ0) is 12.0. The van der Waals surface area contributed by atoms with Crippen molar-refractivity contribution in [3.8, 4) is 23.7 Å². The van der Waals surface area contributed by atoms with Crippen LogP contribution < -0.4 is 4.74 Å². The summed E-state index contributed by atoms with van der Waals surface area (Å²) in [5.74, 6) is 4.59. The van der Waals surface area contributed by atoms with Gasteiger partial charge >= 0.3 is 5.97 Å². The summed E-state index contributed by atoms with van der Waals surface area (Å²) in [6.45, 7) is 0. The van der Waals surface area contributed by atoms with Crippen LogP contribution in [0.15, 0.2) is 18.2 Å². The molecule has 4 heteroatoms. The van der Waals surface area contributed by atoms with Crippen molar-refractivity contribution in [3.05, 3.63) is 29.3 Å². The number of methoxy groups -OCH3 is 1. The molecule has 0 aliphatic carbocycles. The first-order valence-corrected chi connectivity index (χ1v) is 4.46. The first-order valence-electron chi connectivity index (χ1n) is 4.46. The van der Waals surface area contributed by atoms with Crippen LogP contribution in [0.25, 0.3) is 0 Å². The molecule has 0 unspecified atom stereocenters. The molecule has 0 heterocycles. The minimum Gasteiger partial charge on any atom is -0.496 e. The van der Waals surface area contributed by atoms with Gasteiger partial charge in [-0.3, -0.25) is 0 Å². The van der Waals surface area contributed by atoms with Gasteiger partial charge < -0.3 is 9.84 Å². The van der Waals surface area contributed by atoms with E-state index in [9.17, 15) is 4.79 Å². The Morgan fingerprint density at radius 2 is 2.31 bits per heavy atom. The van der Waals surface area contributed by atoms with Crippen molar-refractivity contribution >= 4 is 5.97 Å². The normalized spacial score (nSPS) is 8.50. The molecule has 0 fully saturated rings. The largest absolute Gasteiger partial charge is 0.496 e. The summed E-state index contributed by atoms with van der Waals surface area (Å²) in [5, 5.41) is 17.1. The highest BCUT2D eigenvalue weighted by Gasteiger charge is 2.10. The molecule has 0 atom stereocenters. The van der Waals surface area contributed by atoms with Crippen molar-refractivity contribution in [1.29, 1.82) is 5.26 Å². The molecule has 0 aromatic heterocycles. The van der Waals surface area contributed by atoms with Crippen LogP contribution in [-0.4, -0.2) is 18.2 Å². The Hall–Kier alpha value is -2.46. The monoisotopic (exact) mass is 215 g/mol. The lowest BCUT2D eigenvalue weighted by Crippen LogP contribution is -2.00. The fraction of sp³-hybridized carbons (Fsp3) is 0.167. The standard InChI is InChI=1S/C12H9NO3/c1-16-11-8-9(4-2-3-7-13)5-6-10(11)12(14)15/h5-6,8H,3H2,1H3,(H,14,15). The molecule has 0 radical (unpaired) electrons. The summed E-state index contributed by atoms with van der Waals surface area (Å²) in [4.78, 5) is 10.8. The molecule has 0 aliphatic heterocycles. The van der Waals surface area contributed by atoms with E-state index in [0.29, 0.717) is 5.56 Å². The number of carboxylic acids is 1. The summed E-state index contributed by atoms with van der Waals surface area (Å²) in [6, 6.07) is 6.44. The fourth-order valence-electron chi connectivity index (χ4n) is 1.13. The molecule has 0 spiro atoms. The molecular weight excluding hydrogens is 206 g/mol. The van der Waals surface area contributed by atoms with E-state index in [1.165, 1.54) is 19.2 Å². The molecule has 0 aliphatic rings. The predicted molar refractivity (Wildman–Crippen MR) is 57.1 cm³/mol. The van der Waals surface area contributed by atoms with Crippen molar-refractivity contribution in [2.24, 2.45) is 0 Å². The molecule has 1 aromatic rings. The van der Waals surface area contributed by atoms with Crippen molar-refractivity contribution in [1.82, 2.24) is 0 Å². The second-order valence-electron chi connectivity index (χ2n) is 2.86. The van der Waals surface area contributed by atoms with Crippen LogP contribution in [0.3, 0.4) is 0 Å². The molecule has 1 aromatic carbocycles. The molecule has 80 valence electrons. The minimum absolute atomic E-state index is 0.0910. The van der Waals surface area contributed by atoms with Gasteiger partial charge in [-0.15, -0.1) is 0 Å². The average molecular weight is 215 g/mol. The van der Waals surface area contributed by atoms with E-state index in [-0.39, 0.29) is 17.7 Å². The Labute approximate surface area is 93.1 Å². The van der Waals surface area contributed by atoms with E-state index in [1.54, 1.807) is 6.07 Å². The van der Waals surface area contributed by atoms with Crippen LogP contribution in [0.2, 0.25) is 0 Å². The van der Waals surface area contributed by atoms with Gasteiger partial charge in [-0.25, -0.2) is 4.79 Å². The molecule has 16 heavy (non-hydrogen) atoms. The summed E-state index contributed by atoms with van der Waals surface area (Å²) in [6.07, 6.45) is 0.142. The second kappa shape index (κ2) is 5.43. The van der Waals surface area contributed by atoms with Crippen molar-refractivity contribution in [2.75, 3.05) is 7.11 Å². The molecule has 0 amide bonds. The van der Waals surface area contributed by atoms with Gasteiger partial charge in [-0.1, -0.05) is 11.8 Å². The van der Waals surface area contributed by atoms with E-state index in [2.05, 4.69) is 11.8 Å². The van der Waals surface area contributed by atoms with Crippen LogP contribution in [0.1, 0.15) is 22.3 Å². The third-order valence-electron chi connectivity index (χ3n) is 1.83. The van der Waals surface area contributed by atoms with Crippen molar-refractivity contribution in [2.45, 2.75) is 6.42 Å². The lowest BCUT2D eigenvalue weighted by Gasteiger charge is -2.04. The Morgan fingerprint density at radius 1 is 1.56 bits per heavy atom. The Balaban J connectivity index is 3.07. The molecular formula is C12H9NO3.